The van der Waals surface area contributed by atoms with E-state index in [4.69, 9.17) is 4.98 Å². The molecule has 1 heterocycles. The summed E-state index contributed by atoms with van der Waals surface area (Å²) in [7, 11) is 0. The van der Waals surface area contributed by atoms with Crippen molar-refractivity contribution >= 4 is 27.0 Å². The molecule has 31 heavy (non-hydrogen) atoms. The summed E-state index contributed by atoms with van der Waals surface area (Å²) in [5, 5.41) is 0. The normalized spacial score (nSPS) is 18.9. The van der Waals surface area contributed by atoms with E-state index in [1.807, 2.05) is 0 Å². The molecule has 0 atom stereocenters. The quantitative estimate of drug-likeness (QED) is 0.398. The molecule has 1 aliphatic carbocycles. The maximum atomic E-state index is 5.17. The summed E-state index contributed by atoms with van der Waals surface area (Å²) in [5.41, 5.74) is 9.37. The molecule has 166 valence electrons. The molecule has 1 aliphatic rings. The van der Waals surface area contributed by atoms with Crippen molar-refractivity contribution in [2.75, 3.05) is 0 Å². The first-order valence-corrected chi connectivity index (χ1v) is 12.4. The van der Waals surface area contributed by atoms with Gasteiger partial charge in [-0.15, -0.1) is 0 Å². The van der Waals surface area contributed by atoms with Crippen molar-refractivity contribution in [3.63, 3.8) is 0 Å². The van der Waals surface area contributed by atoms with Crippen LogP contribution in [-0.4, -0.2) is 9.97 Å². The van der Waals surface area contributed by atoms with Crippen LogP contribution >= 0.6 is 15.9 Å². The third kappa shape index (κ3) is 2.98. The molecule has 1 N–H and O–H groups in total. The van der Waals surface area contributed by atoms with Crippen LogP contribution in [0.5, 0.6) is 0 Å². The van der Waals surface area contributed by atoms with Gasteiger partial charge in [0.2, 0.25) is 0 Å². The van der Waals surface area contributed by atoms with Crippen molar-refractivity contribution in [1.29, 1.82) is 0 Å². The Labute approximate surface area is 196 Å². The second-order valence-electron chi connectivity index (χ2n) is 11.6. The highest BCUT2D eigenvalue weighted by Crippen LogP contribution is 2.61. The molecular weight excluding hydrogens is 444 g/mol. The topological polar surface area (TPSA) is 28.7 Å². The van der Waals surface area contributed by atoms with Gasteiger partial charge in [0.25, 0.3) is 0 Å². The van der Waals surface area contributed by atoms with Crippen LogP contribution < -0.4 is 0 Å². The second-order valence-corrected chi connectivity index (χ2v) is 12.5. The molecule has 0 saturated heterocycles. The molecule has 2 nitrogen and oxygen atoms in total. The molecule has 0 saturated carbocycles. The minimum absolute atomic E-state index is 0.0844. The van der Waals surface area contributed by atoms with Crippen molar-refractivity contribution in [2.45, 2.75) is 91.9 Å². The number of benzene rings is 2. The standard InChI is InChI=1S/C28H37BrN2/c1-15(2)17-11-12-20(29)23(16(3)4)24(17)25-30-21-13-18-19(14-22(21)31-25)27(7,8)28(9,10)26(18,5)6/h11-16H,1-10H3,(H,30,31). The van der Waals surface area contributed by atoms with Crippen LogP contribution in [0, 0.1) is 5.41 Å². The molecule has 3 aromatic rings. The zero-order valence-electron chi connectivity index (χ0n) is 20.8. The van der Waals surface area contributed by atoms with Gasteiger partial charge in [0.15, 0.2) is 0 Å². The molecule has 0 aliphatic heterocycles. The second kappa shape index (κ2) is 6.94. The average molecular weight is 482 g/mol. The van der Waals surface area contributed by atoms with Gasteiger partial charge in [-0.05, 0) is 68.5 Å². The van der Waals surface area contributed by atoms with Gasteiger partial charge >= 0.3 is 0 Å². The van der Waals surface area contributed by atoms with Crippen LogP contribution in [0.3, 0.4) is 0 Å². The number of hydrogen-bond acceptors (Lipinski definition) is 1. The summed E-state index contributed by atoms with van der Waals surface area (Å²) < 4.78 is 1.16. The fourth-order valence-corrected chi connectivity index (χ4v) is 6.37. The van der Waals surface area contributed by atoms with E-state index in [1.165, 1.54) is 27.8 Å². The zero-order chi connectivity index (χ0) is 23.1. The Morgan fingerprint density at radius 3 is 1.97 bits per heavy atom. The van der Waals surface area contributed by atoms with E-state index in [9.17, 15) is 0 Å². The van der Waals surface area contributed by atoms with Crippen molar-refractivity contribution in [1.82, 2.24) is 9.97 Å². The van der Waals surface area contributed by atoms with E-state index < -0.39 is 0 Å². The Morgan fingerprint density at radius 2 is 1.42 bits per heavy atom. The number of halogens is 1. The molecule has 0 amide bonds. The van der Waals surface area contributed by atoms with Crippen LogP contribution in [0.15, 0.2) is 28.7 Å². The molecule has 3 heteroatoms. The van der Waals surface area contributed by atoms with Gasteiger partial charge in [-0.25, -0.2) is 4.98 Å². The molecule has 0 unspecified atom stereocenters. The minimum Gasteiger partial charge on any atom is -0.338 e. The molecular formula is C28H37BrN2. The van der Waals surface area contributed by atoms with Gasteiger partial charge < -0.3 is 4.98 Å². The monoisotopic (exact) mass is 480 g/mol. The van der Waals surface area contributed by atoms with E-state index in [2.05, 4.69) is 114 Å². The number of imidazole rings is 1. The van der Waals surface area contributed by atoms with Crippen LogP contribution in [-0.2, 0) is 10.8 Å². The van der Waals surface area contributed by atoms with Gasteiger partial charge in [-0.1, -0.05) is 91.2 Å². The van der Waals surface area contributed by atoms with E-state index in [0.29, 0.717) is 11.8 Å². The maximum absolute atomic E-state index is 5.17. The van der Waals surface area contributed by atoms with Gasteiger partial charge in [0.1, 0.15) is 5.82 Å². The highest BCUT2D eigenvalue weighted by atomic mass is 79.9. The molecule has 0 spiro atoms. The number of rotatable bonds is 3. The molecule has 0 bridgehead atoms. The van der Waals surface area contributed by atoms with Gasteiger partial charge in [-0.2, -0.15) is 0 Å². The number of hydrogen-bond donors (Lipinski definition) is 1. The molecule has 1 aromatic heterocycles. The minimum atomic E-state index is 0.0844. The van der Waals surface area contributed by atoms with Crippen molar-refractivity contribution in [3.8, 4) is 11.4 Å². The largest absolute Gasteiger partial charge is 0.338 e. The number of aromatic nitrogens is 2. The van der Waals surface area contributed by atoms with Crippen molar-refractivity contribution < 1.29 is 0 Å². The summed E-state index contributed by atoms with van der Waals surface area (Å²) in [6.45, 7) is 23.4. The lowest BCUT2D eigenvalue weighted by atomic mass is 9.59. The Kier molecular flexibility index (Phi) is 5.06. The predicted octanol–water partition coefficient (Wildman–Crippen LogP) is 8.83. The number of aromatic amines is 1. The summed E-state index contributed by atoms with van der Waals surface area (Å²) >= 11 is 3.82. The Bertz CT molecular complexity index is 1120. The van der Waals surface area contributed by atoms with Crippen molar-refractivity contribution in [2.24, 2.45) is 5.41 Å². The fourth-order valence-electron chi connectivity index (χ4n) is 5.58. The zero-order valence-corrected chi connectivity index (χ0v) is 22.4. The third-order valence-electron chi connectivity index (χ3n) is 8.75. The van der Waals surface area contributed by atoms with Crippen LogP contribution in [0.1, 0.15) is 103 Å². The van der Waals surface area contributed by atoms with Gasteiger partial charge in [0, 0.05) is 10.0 Å². The third-order valence-corrected chi connectivity index (χ3v) is 9.45. The van der Waals surface area contributed by atoms with Crippen LogP contribution in [0.4, 0.5) is 0 Å². The summed E-state index contributed by atoms with van der Waals surface area (Å²) in [5.74, 6) is 1.82. The van der Waals surface area contributed by atoms with Gasteiger partial charge in [0.05, 0.1) is 11.0 Å². The number of nitrogens with zero attached hydrogens (tertiary/aromatic N) is 1. The fraction of sp³-hybridized carbons (Fsp3) is 0.536. The maximum Gasteiger partial charge on any atom is 0.139 e. The molecule has 0 fully saturated rings. The highest BCUT2D eigenvalue weighted by Gasteiger charge is 2.56. The van der Waals surface area contributed by atoms with Crippen molar-refractivity contribution in [3.05, 3.63) is 51.0 Å². The van der Waals surface area contributed by atoms with Gasteiger partial charge in [-0.3, -0.25) is 0 Å². The lowest BCUT2D eigenvalue weighted by Gasteiger charge is -2.44. The molecule has 2 aromatic carbocycles. The van der Waals surface area contributed by atoms with Crippen LogP contribution in [0.25, 0.3) is 22.4 Å². The Morgan fingerprint density at radius 1 is 0.839 bits per heavy atom. The predicted molar refractivity (Wildman–Crippen MR) is 137 cm³/mol. The summed E-state index contributed by atoms with van der Waals surface area (Å²) in [6, 6.07) is 9.17. The summed E-state index contributed by atoms with van der Waals surface area (Å²) in [6.07, 6.45) is 0. The molecule has 0 radical (unpaired) electrons. The van der Waals surface area contributed by atoms with Crippen LogP contribution in [0.2, 0.25) is 0 Å². The first-order valence-electron chi connectivity index (χ1n) is 11.6. The van der Waals surface area contributed by atoms with E-state index in [1.54, 1.807) is 0 Å². The smallest absolute Gasteiger partial charge is 0.139 e. The lowest BCUT2D eigenvalue weighted by molar-refractivity contribution is 0.125. The summed E-state index contributed by atoms with van der Waals surface area (Å²) in [4.78, 5) is 8.89. The van der Waals surface area contributed by atoms with E-state index in [0.717, 1.165) is 21.3 Å². The Balaban J connectivity index is 2.01. The lowest BCUT2D eigenvalue weighted by Crippen LogP contribution is -2.42. The first-order chi connectivity index (χ1) is 14.2. The Hall–Kier alpha value is -1.61. The average Bonchev–Trinajstić information content (AvgIpc) is 3.11. The number of nitrogens with one attached hydrogen (secondary N) is 1. The molecule has 4 rings (SSSR count). The SMILES string of the molecule is CC(C)c1ccc(Br)c(C(C)C)c1-c1nc2cc3c(cc2[nH]1)C(C)(C)C(C)(C)C3(C)C. The number of fused-ring (bicyclic) bond motifs is 2. The van der Waals surface area contributed by atoms with E-state index >= 15 is 0 Å². The number of H-pyrrole nitrogens is 1. The van der Waals surface area contributed by atoms with E-state index in [-0.39, 0.29) is 16.2 Å². The highest BCUT2D eigenvalue weighted by molar-refractivity contribution is 9.10. The first kappa shape index (κ1) is 22.6.